The molecule has 0 nitrogen and oxygen atoms in total. The van der Waals surface area contributed by atoms with Gasteiger partial charge in [-0.2, -0.15) is 0 Å². The van der Waals surface area contributed by atoms with Crippen molar-refractivity contribution in [1.82, 2.24) is 0 Å². The molecule has 2 heterocycles. The zero-order valence-corrected chi connectivity index (χ0v) is 17.5. The van der Waals surface area contributed by atoms with Crippen molar-refractivity contribution in [2.24, 2.45) is 0 Å². The number of fused-ring (bicyclic) bond motifs is 4. The van der Waals surface area contributed by atoms with Gasteiger partial charge >= 0.3 is 0 Å². The summed E-state index contributed by atoms with van der Waals surface area (Å²) in [6, 6.07) is 18.1. The molecule has 2 unspecified atom stereocenters. The Balaban J connectivity index is 1.25. The summed E-state index contributed by atoms with van der Waals surface area (Å²) in [6.07, 6.45) is 4.89. The van der Waals surface area contributed by atoms with Crippen LogP contribution in [0.25, 0.3) is 9.81 Å². The van der Waals surface area contributed by atoms with Crippen LogP contribution in [0.15, 0.2) is 58.3 Å². The van der Waals surface area contributed by atoms with Crippen LogP contribution in [0.2, 0.25) is 0 Å². The Morgan fingerprint density at radius 3 is 1.50 bits per heavy atom. The van der Waals surface area contributed by atoms with E-state index >= 15 is 0 Å². The van der Waals surface area contributed by atoms with Gasteiger partial charge in [-0.1, -0.05) is 48.5 Å². The van der Waals surface area contributed by atoms with Crippen molar-refractivity contribution in [3.8, 4) is 0 Å². The van der Waals surface area contributed by atoms with Crippen molar-refractivity contribution in [2.45, 2.75) is 34.8 Å². The van der Waals surface area contributed by atoms with Crippen molar-refractivity contribution < 1.29 is 0 Å². The maximum atomic E-state index is 2.33. The molecule has 0 aromatic heterocycles. The SMILES string of the molecule is c1ccc2c(c1)CCC1=C2SC(C2SC3=C(S2)c2ccccc2CC3)S1. The first-order valence-corrected chi connectivity index (χ1v) is 12.7. The van der Waals surface area contributed by atoms with Crippen molar-refractivity contribution in [1.29, 1.82) is 0 Å². The molecule has 130 valence electrons. The van der Waals surface area contributed by atoms with Crippen molar-refractivity contribution in [3.63, 3.8) is 0 Å². The number of hydrogen-bond donors (Lipinski definition) is 0. The van der Waals surface area contributed by atoms with Gasteiger partial charge in [0.1, 0.15) is 0 Å². The number of thioether (sulfide) groups is 4. The van der Waals surface area contributed by atoms with E-state index in [9.17, 15) is 0 Å². The van der Waals surface area contributed by atoms with Gasteiger partial charge < -0.3 is 0 Å². The highest BCUT2D eigenvalue weighted by Gasteiger charge is 2.40. The number of benzene rings is 2. The van der Waals surface area contributed by atoms with E-state index in [1.165, 1.54) is 47.9 Å². The van der Waals surface area contributed by atoms with E-state index in [0.29, 0.717) is 9.16 Å². The zero-order valence-electron chi connectivity index (χ0n) is 14.2. The summed E-state index contributed by atoms with van der Waals surface area (Å²) in [6.45, 7) is 0. The zero-order chi connectivity index (χ0) is 17.1. The first-order valence-electron chi connectivity index (χ1n) is 9.16. The molecule has 2 aromatic rings. The lowest BCUT2D eigenvalue weighted by atomic mass is 9.97. The van der Waals surface area contributed by atoms with Gasteiger partial charge in [0.25, 0.3) is 0 Å². The van der Waals surface area contributed by atoms with Crippen molar-refractivity contribution in [2.75, 3.05) is 0 Å². The molecule has 2 aliphatic heterocycles. The Morgan fingerprint density at radius 1 is 0.538 bits per heavy atom. The minimum atomic E-state index is 0.638. The molecule has 0 saturated heterocycles. The largest absolute Gasteiger partial charge is 0.113 e. The van der Waals surface area contributed by atoms with E-state index in [0.717, 1.165) is 0 Å². The molecule has 6 rings (SSSR count). The van der Waals surface area contributed by atoms with Crippen LogP contribution < -0.4 is 0 Å². The Morgan fingerprint density at radius 2 is 1.00 bits per heavy atom. The highest BCUT2D eigenvalue weighted by atomic mass is 32.2. The lowest BCUT2D eigenvalue weighted by Gasteiger charge is -2.17. The third-order valence-electron chi connectivity index (χ3n) is 5.48. The Kier molecular flexibility index (Phi) is 4.03. The van der Waals surface area contributed by atoms with Gasteiger partial charge in [-0.15, -0.1) is 47.0 Å². The van der Waals surface area contributed by atoms with Crippen LogP contribution >= 0.6 is 47.0 Å². The molecule has 0 saturated carbocycles. The molecule has 26 heavy (non-hydrogen) atoms. The summed E-state index contributed by atoms with van der Waals surface area (Å²) < 4.78 is 1.28. The molecular formula is C22H18S4. The molecule has 2 atom stereocenters. The average molecular weight is 411 g/mol. The third kappa shape index (κ3) is 2.56. The summed E-state index contributed by atoms with van der Waals surface area (Å²) in [5.41, 5.74) is 6.09. The van der Waals surface area contributed by atoms with Crippen LogP contribution in [-0.4, -0.2) is 9.16 Å². The Bertz CT molecular complexity index is 892. The Labute approximate surface area is 171 Å². The second kappa shape index (κ2) is 6.44. The van der Waals surface area contributed by atoms with Crippen LogP contribution in [0.4, 0.5) is 0 Å². The monoisotopic (exact) mass is 410 g/mol. The van der Waals surface area contributed by atoms with Crippen LogP contribution in [-0.2, 0) is 12.8 Å². The molecule has 4 heteroatoms. The first kappa shape index (κ1) is 16.3. The fourth-order valence-electron chi connectivity index (χ4n) is 4.21. The Hall–Kier alpha value is -0.680. The number of hydrogen-bond acceptors (Lipinski definition) is 4. The van der Waals surface area contributed by atoms with Crippen LogP contribution in [0, 0.1) is 0 Å². The van der Waals surface area contributed by atoms with E-state index in [2.05, 4.69) is 95.6 Å². The van der Waals surface area contributed by atoms with E-state index in [1.807, 2.05) is 0 Å². The fraction of sp³-hybridized carbons (Fsp3) is 0.273. The predicted octanol–water partition coefficient (Wildman–Crippen LogP) is 7.23. The van der Waals surface area contributed by atoms with Gasteiger partial charge in [0, 0.05) is 19.6 Å². The summed E-state index contributed by atoms with van der Waals surface area (Å²) in [7, 11) is 0. The quantitative estimate of drug-likeness (QED) is 0.486. The number of allylic oxidation sites excluding steroid dienone is 2. The van der Waals surface area contributed by atoms with Crippen molar-refractivity contribution in [3.05, 3.63) is 80.6 Å². The van der Waals surface area contributed by atoms with E-state index in [1.54, 1.807) is 19.6 Å². The lowest BCUT2D eigenvalue weighted by molar-refractivity contribution is 0.971. The highest BCUT2D eigenvalue weighted by molar-refractivity contribution is 8.32. The average Bonchev–Trinajstić information content (AvgIpc) is 3.32. The number of aryl methyl sites for hydroxylation is 2. The van der Waals surface area contributed by atoms with Gasteiger partial charge in [0.2, 0.25) is 0 Å². The van der Waals surface area contributed by atoms with Crippen LogP contribution in [0.3, 0.4) is 0 Å². The van der Waals surface area contributed by atoms with Gasteiger partial charge in [-0.05, 0) is 47.9 Å². The normalized spacial score (nSPS) is 26.5. The van der Waals surface area contributed by atoms with E-state index in [-0.39, 0.29) is 0 Å². The lowest BCUT2D eigenvalue weighted by Crippen LogP contribution is -2.07. The summed E-state index contributed by atoms with van der Waals surface area (Å²) >= 11 is 8.58. The maximum absolute atomic E-state index is 2.33. The number of rotatable bonds is 1. The molecule has 4 aliphatic rings. The highest BCUT2D eigenvalue weighted by Crippen LogP contribution is 2.64. The minimum Gasteiger partial charge on any atom is -0.113 e. The van der Waals surface area contributed by atoms with Crippen molar-refractivity contribution >= 4 is 56.9 Å². The van der Waals surface area contributed by atoms with E-state index in [4.69, 9.17) is 0 Å². The molecule has 2 aromatic carbocycles. The van der Waals surface area contributed by atoms with Crippen LogP contribution in [0.1, 0.15) is 35.1 Å². The predicted molar refractivity (Wildman–Crippen MR) is 121 cm³/mol. The first-order chi connectivity index (χ1) is 12.9. The van der Waals surface area contributed by atoms with Crippen LogP contribution in [0.5, 0.6) is 0 Å². The van der Waals surface area contributed by atoms with Gasteiger partial charge in [-0.25, -0.2) is 0 Å². The molecule has 0 fully saturated rings. The smallest absolute Gasteiger partial charge is 0.0811 e. The third-order valence-corrected chi connectivity index (χ3v) is 12.4. The molecule has 0 amide bonds. The van der Waals surface area contributed by atoms with Gasteiger partial charge in [-0.3, -0.25) is 0 Å². The minimum absolute atomic E-state index is 0.638. The fourth-order valence-corrected chi connectivity index (χ4v) is 11.2. The second-order valence-corrected chi connectivity index (χ2v) is 12.4. The second-order valence-electron chi connectivity index (χ2n) is 7.03. The molecule has 2 aliphatic carbocycles. The standard InChI is InChI=1S/C22H18S4/c1-3-7-15-13(5-1)9-11-17-19(15)25-21(23-17)22-24-18-12-10-14-6-2-4-8-16(14)20(18)26-22/h1-8,21-22H,9-12H2. The van der Waals surface area contributed by atoms with E-state index < -0.39 is 0 Å². The topological polar surface area (TPSA) is 0 Å². The maximum Gasteiger partial charge on any atom is 0.0811 e. The molecule has 0 spiro atoms. The summed E-state index contributed by atoms with van der Waals surface area (Å²) in [4.78, 5) is 6.44. The summed E-state index contributed by atoms with van der Waals surface area (Å²) in [5.74, 6) is 0. The van der Waals surface area contributed by atoms with Gasteiger partial charge in [0.15, 0.2) is 0 Å². The van der Waals surface area contributed by atoms with Gasteiger partial charge in [0.05, 0.1) is 9.16 Å². The molecule has 0 bridgehead atoms. The molecule has 0 radical (unpaired) electrons. The molecule has 0 N–H and O–H groups in total. The molecular weight excluding hydrogens is 393 g/mol. The summed E-state index contributed by atoms with van der Waals surface area (Å²) in [5, 5.41) is 0.